The van der Waals surface area contributed by atoms with Crippen molar-refractivity contribution in [3.8, 4) is 0 Å². The summed E-state index contributed by atoms with van der Waals surface area (Å²) in [6, 6.07) is 2.57. The standard InChI is InChI=1S/C15H20N2O4/c18-13(16-12-5-3-1-2-4-6-12)10-17-9-11(15(20)21)7-8-14(17)19/h7-9,12H,1-6,10H2,(H,16,18)(H,20,21). The van der Waals surface area contributed by atoms with E-state index in [0.717, 1.165) is 30.3 Å². The van der Waals surface area contributed by atoms with Crippen molar-refractivity contribution in [3.05, 3.63) is 34.2 Å². The minimum absolute atomic E-state index is 0.00290. The lowest BCUT2D eigenvalue weighted by atomic mass is 10.1. The topological polar surface area (TPSA) is 88.4 Å². The van der Waals surface area contributed by atoms with E-state index in [1.54, 1.807) is 0 Å². The summed E-state index contributed by atoms with van der Waals surface area (Å²) in [4.78, 5) is 34.6. The van der Waals surface area contributed by atoms with Crippen molar-refractivity contribution in [3.63, 3.8) is 0 Å². The van der Waals surface area contributed by atoms with Gasteiger partial charge in [-0.25, -0.2) is 4.79 Å². The molecular weight excluding hydrogens is 272 g/mol. The molecule has 114 valence electrons. The van der Waals surface area contributed by atoms with Gasteiger partial charge in [0.25, 0.3) is 5.56 Å². The highest BCUT2D eigenvalue weighted by Crippen LogP contribution is 2.17. The molecule has 2 N–H and O–H groups in total. The molecule has 0 spiro atoms. The quantitative estimate of drug-likeness (QED) is 0.821. The average molecular weight is 292 g/mol. The monoisotopic (exact) mass is 292 g/mol. The van der Waals surface area contributed by atoms with Gasteiger partial charge in [-0.1, -0.05) is 25.7 Å². The van der Waals surface area contributed by atoms with Crippen LogP contribution in [0.3, 0.4) is 0 Å². The van der Waals surface area contributed by atoms with Crippen LogP contribution in [0.25, 0.3) is 0 Å². The summed E-state index contributed by atoms with van der Waals surface area (Å²) >= 11 is 0. The first kappa shape index (κ1) is 15.3. The Kier molecular flexibility index (Phi) is 5.14. The summed E-state index contributed by atoms with van der Waals surface area (Å²) in [6.45, 7) is -0.142. The van der Waals surface area contributed by atoms with Crippen LogP contribution in [0.2, 0.25) is 0 Å². The lowest BCUT2D eigenvalue weighted by Crippen LogP contribution is -2.38. The van der Waals surface area contributed by atoms with E-state index < -0.39 is 5.97 Å². The molecule has 2 rings (SSSR count). The Labute approximate surface area is 122 Å². The molecule has 0 atom stereocenters. The molecule has 1 fully saturated rings. The van der Waals surface area contributed by atoms with Crippen LogP contribution in [0.4, 0.5) is 0 Å². The highest BCUT2D eigenvalue weighted by molar-refractivity contribution is 5.87. The Hall–Kier alpha value is -2.11. The lowest BCUT2D eigenvalue weighted by Gasteiger charge is -2.16. The van der Waals surface area contributed by atoms with Crippen LogP contribution >= 0.6 is 0 Å². The first-order valence-corrected chi connectivity index (χ1v) is 7.29. The minimum Gasteiger partial charge on any atom is -0.478 e. The summed E-state index contributed by atoms with van der Waals surface area (Å²) in [5.41, 5.74) is -0.382. The summed E-state index contributed by atoms with van der Waals surface area (Å²) in [6.07, 6.45) is 7.76. The van der Waals surface area contributed by atoms with Crippen LogP contribution < -0.4 is 10.9 Å². The van der Waals surface area contributed by atoms with Gasteiger partial charge in [0.05, 0.1) is 5.56 Å². The third-order valence-corrected chi connectivity index (χ3v) is 3.76. The van der Waals surface area contributed by atoms with Crippen molar-refractivity contribution in [2.45, 2.75) is 51.1 Å². The van der Waals surface area contributed by atoms with Gasteiger partial charge in [0.1, 0.15) is 6.54 Å². The molecule has 1 aliphatic carbocycles. The summed E-state index contributed by atoms with van der Waals surface area (Å²) < 4.78 is 1.13. The summed E-state index contributed by atoms with van der Waals surface area (Å²) in [5.74, 6) is -1.36. The van der Waals surface area contributed by atoms with E-state index in [9.17, 15) is 14.4 Å². The van der Waals surface area contributed by atoms with E-state index in [1.165, 1.54) is 31.2 Å². The number of nitrogens with zero attached hydrogens (tertiary/aromatic N) is 1. The van der Waals surface area contributed by atoms with Crippen LogP contribution in [0.1, 0.15) is 48.9 Å². The van der Waals surface area contributed by atoms with Gasteiger partial charge < -0.3 is 15.0 Å². The highest BCUT2D eigenvalue weighted by atomic mass is 16.4. The lowest BCUT2D eigenvalue weighted by molar-refractivity contribution is -0.122. The fraction of sp³-hybridized carbons (Fsp3) is 0.533. The molecule has 0 radical (unpaired) electrons. The Morgan fingerprint density at radius 1 is 1.19 bits per heavy atom. The number of aromatic nitrogens is 1. The Morgan fingerprint density at radius 2 is 1.86 bits per heavy atom. The number of carbonyl (C=O) groups excluding carboxylic acids is 1. The zero-order valence-corrected chi connectivity index (χ0v) is 11.9. The molecule has 21 heavy (non-hydrogen) atoms. The van der Waals surface area contributed by atoms with Crippen molar-refractivity contribution in [2.24, 2.45) is 0 Å². The fourth-order valence-corrected chi connectivity index (χ4v) is 2.63. The van der Waals surface area contributed by atoms with E-state index in [-0.39, 0.29) is 29.6 Å². The molecule has 0 saturated heterocycles. The molecule has 6 nitrogen and oxygen atoms in total. The van der Waals surface area contributed by atoms with Gasteiger partial charge in [-0.05, 0) is 18.9 Å². The van der Waals surface area contributed by atoms with Crippen LogP contribution in [-0.2, 0) is 11.3 Å². The second-order valence-electron chi connectivity index (χ2n) is 5.45. The molecule has 1 aromatic heterocycles. The van der Waals surface area contributed by atoms with Gasteiger partial charge in [-0.3, -0.25) is 9.59 Å². The van der Waals surface area contributed by atoms with Gasteiger partial charge in [-0.15, -0.1) is 0 Å². The molecule has 1 saturated carbocycles. The van der Waals surface area contributed by atoms with Gasteiger partial charge in [0.2, 0.25) is 5.91 Å². The molecule has 0 aromatic carbocycles. The van der Waals surface area contributed by atoms with Crippen molar-refractivity contribution >= 4 is 11.9 Å². The van der Waals surface area contributed by atoms with Crippen LogP contribution in [0, 0.1) is 0 Å². The first-order chi connectivity index (χ1) is 10.1. The molecule has 1 aromatic rings. The molecule has 1 heterocycles. The Bertz CT molecular complexity index is 571. The zero-order chi connectivity index (χ0) is 15.2. The smallest absolute Gasteiger partial charge is 0.337 e. The third kappa shape index (κ3) is 4.44. The number of rotatable bonds is 4. The van der Waals surface area contributed by atoms with E-state index in [1.807, 2.05) is 0 Å². The van der Waals surface area contributed by atoms with Crippen molar-refractivity contribution in [1.82, 2.24) is 9.88 Å². The molecule has 6 heteroatoms. The number of hydrogen-bond acceptors (Lipinski definition) is 3. The number of aromatic carboxylic acids is 1. The summed E-state index contributed by atoms with van der Waals surface area (Å²) in [5, 5.41) is 11.8. The third-order valence-electron chi connectivity index (χ3n) is 3.76. The number of amides is 1. The van der Waals surface area contributed by atoms with Gasteiger partial charge in [0, 0.05) is 18.3 Å². The van der Waals surface area contributed by atoms with E-state index >= 15 is 0 Å². The molecule has 0 bridgehead atoms. The minimum atomic E-state index is -1.12. The SMILES string of the molecule is O=C(Cn1cc(C(=O)O)ccc1=O)NC1CCCCCC1. The second-order valence-corrected chi connectivity index (χ2v) is 5.45. The van der Waals surface area contributed by atoms with Crippen molar-refractivity contribution < 1.29 is 14.7 Å². The van der Waals surface area contributed by atoms with E-state index in [2.05, 4.69) is 5.32 Å². The number of carbonyl (C=O) groups is 2. The maximum Gasteiger partial charge on any atom is 0.337 e. The van der Waals surface area contributed by atoms with Gasteiger partial charge in [-0.2, -0.15) is 0 Å². The number of hydrogen-bond donors (Lipinski definition) is 2. The zero-order valence-electron chi connectivity index (χ0n) is 11.9. The molecular formula is C15H20N2O4. The Balaban J connectivity index is 2.00. The summed E-state index contributed by atoms with van der Waals surface area (Å²) in [7, 11) is 0. The van der Waals surface area contributed by atoms with Gasteiger partial charge >= 0.3 is 5.97 Å². The van der Waals surface area contributed by atoms with Crippen LogP contribution in [-0.4, -0.2) is 27.6 Å². The van der Waals surface area contributed by atoms with E-state index in [0.29, 0.717) is 0 Å². The van der Waals surface area contributed by atoms with E-state index in [4.69, 9.17) is 5.11 Å². The van der Waals surface area contributed by atoms with Crippen molar-refractivity contribution in [1.29, 1.82) is 0 Å². The maximum absolute atomic E-state index is 12.0. The predicted octanol–water partition coefficient (Wildman–Crippen LogP) is 1.39. The molecule has 1 aliphatic rings. The maximum atomic E-state index is 12.0. The number of nitrogens with one attached hydrogen (secondary N) is 1. The van der Waals surface area contributed by atoms with Crippen LogP contribution in [0.5, 0.6) is 0 Å². The Morgan fingerprint density at radius 3 is 2.48 bits per heavy atom. The van der Waals surface area contributed by atoms with Gasteiger partial charge in [0.15, 0.2) is 0 Å². The second kappa shape index (κ2) is 7.06. The molecule has 0 unspecified atom stereocenters. The number of pyridine rings is 1. The molecule has 1 amide bonds. The number of carboxylic acid groups (broad SMARTS) is 1. The number of carboxylic acids is 1. The van der Waals surface area contributed by atoms with Crippen molar-refractivity contribution in [2.75, 3.05) is 0 Å². The largest absolute Gasteiger partial charge is 0.478 e. The fourth-order valence-electron chi connectivity index (χ4n) is 2.63. The molecule has 0 aliphatic heterocycles. The average Bonchev–Trinajstić information content (AvgIpc) is 2.69. The highest BCUT2D eigenvalue weighted by Gasteiger charge is 2.15. The van der Waals surface area contributed by atoms with Crippen LogP contribution in [0.15, 0.2) is 23.1 Å². The predicted molar refractivity (Wildman–Crippen MR) is 77.3 cm³/mol. The normalized spacial score (nSPS) is 16.2. The first-order valence-electron chi connectivity index (χ1n) is 7.29.